The van der Waals surface area contributed by atoms with Crippen molar-refractivity contribution in [2.75, 3.05) is 4.90 Å². The van der Waals surface area contributed by atoms with Gasteiger partial charge < -0.3 is 4.90 Å². The number of rotatable bonds is 6. The summed E-state index contributed by atoms with van der Waals surface area (Å²) < 4.78 is 0. The molecule has 10 aromatic rings. The zero-order valence-corrected chi connectivity index (χ0v) is 30.1. The summed E-state index contributed by atoms with van der Waals surface area (Å²) in [5, 5.41) is 9.98. The van der Waals surface area contributed by atoms with Gasteiger partial charge in [0, 0.05) is 17.1 Å². The number of fused-ring (bicyclic) bond motifs is 7. The van der Waals surface area contributed by atoms with E-state index in [0.717, 1.165) is 11.4 Å². The first kappa shape index (κ1) is 31.7. The van der Waals surface area contributed by atoms with Crippen LogP contribution in [0.1, 0.15) is 5.56 Å². The van der Waals surface area contributed by atoms with Gasteiger partial charge in [-0.25, -0.2) is 0 Å². The quantitative estimate of drug-likeness (QED) is 0.157. The van der Waals surface area contributed by atoms with Crippen LogP contribution in [0.25, 0.3) is 76.5 Å². The smallest absolute Gasteiger partial charge is 0.0490 e. The van der Waals surface area contributed by atoms with Crippen molar-refractivity contribution in [1.82, 2.24) is 0 Å². The van der Waals surface area contributed by atoms with Crippen LogP contribution in [0.4, 0.5) is 17.1 Å². The maximum Gasteiger partial charge on any atom is 0.0490 e. The lowest BCUT2D eigenvalue weighted by atomic mass is 9.81. The highest BCUT2D eigenvalue weighted by Crippen LogP contribution is 2.50. The molecule has 0 spiro atoms. The van der Waals surface area contributed by atoms with Crippen molar-refractivity contribution in [3.63, 3.8) is 0 Å². The summed E-state index contributed by atoms with van der Waals surface area (Å²) in [4.78, 5) is 2.42. The molecule has 0 unspecified atom stereocenters. The minimum absolute atomic E-state index is 1.13. The third-order valence-electron chi connectivity index (χ3n) is 10.9. The van der Waals surface area contributed by atoms with Gasteiger partial charge in [0.15, 0.2) is 0 Å². The number of anilines is 3. The molecule has 0 N–H and O–H groups in total. The fourth-order valence-electron chi connectivity index (χ4n) is 8.43. The summed E-state index contributed by atoms with van der Waals surface area (Å²) in [6, 6.07) is 75.4. The minimum atomic E-state index is 1.13. The van der Waals surface area contributed by atoms with E-state index in [1.165, 1.54) is 87.7 Å². The van der Waals surface area contributed by atoms with Gasteiger partial charge in [-0.1, -0.05) is 170 Å². The number of hydrogen-bond acceptors (Lipinski definition) is 1. The fraction of sp³-hybridized carbons (Fsp3) is 0.0189. The van der Waals surface area contributed by atoms with E-state index in [0.29, 0.717) is 0 Å². The second-order valence-corrected chi connectivity index (χ2v) is 14.1. The topological polar surface area (TPSA) is 3.24 Å². The normalized spacial score (nSPS) is 11.4. The van der Waals surface area contributed by atoms with E-state index in [9.17, 15) is 0 Å². The van der Waals surface area contributed by atoms with Gasteiger partial charge >= 0.3 is 0 Å². The van der Waals surface area contributed by atoms with E-state index in [4.69, 9.17) is 0 Å². The van der Waals surface area contributed by atoms with Gasteiger partial charge in [-0.15, -0.1) is 0 Å². The van der Waals surface area contributed by atoms with E-state index in [1.54, 1.807) is 0 Å². The largest absolute Gasteiger partial charge is 0.310 e. The Kier molecular flexibility index (Phi) is 7.78. The average molecular weight is 688 g/mol. The molecule has 0 saturated carbocycles. The van der Waals surface area contributed by atoms with Gasteiger partial charge in [0.25, 0.3) is 0 Å². The van der Waals surface area contributed by atoms with E-state index in [-0.39, 0.29) is 0 Å². The summed E-state index contributed by atoms with van der Waals surface area (Å²) in [7, 11) is 0. The van der Waals surface area contributed by atoms with Gasteiger partial charge in [-0.2, -0.15) is 0 Å². The molecule has 0 bridgehead atoms. The van der Waals surface area contributed by atoms with Gasteiger partial charge in [0.1, 0.15) is 0 Å². The van der Waals surface area contributed by atoms with Gasteiger partial charge in [-0.05, 0) is 125 Å². The molecule has 0 heterocycles. The van der Waals surface area contributed by atoms with Gasteiger partial charge in [0.05, 0.1) is 0 Å². The monoisotopic (exact) mass is 687 g/mol. The standard InChI is InChI=1S/C53H37N/c1-36-17-11-16-28-50(36)54(42-30-29-37-18-12-13-25-41(37)33-42)43-31-32-46-49(34-43)44-26-14-15-27-45(44)52-48(39-21-7-3-8-22-39)35-47(38-19-5-2-6-20-38)51(53(46)52)40-23-9-4-10-24-40/h2-35H,1H3. The number of para-hydroxylation sites is 1. The Balaban J connectivity index is 1.36. The van der Waals surface area contributed by atoms with Crippen molar-refractivity contribution < 1.29 is 0 Å². The summed E-state index contributed by atoms with van der Waals surface area (Å²) in [5.41, 5.74) is 12.0. The number of aryl methyl sites for hydroxylation is 1. The molecule has 10 aromatic carbocycles. The van der Waals surface area contributed by atoms with Crippen molar-refractivity contribution in [3.05, 3.63) is 212 Å². The molecule has 10 rings (SSSR count). The molecule has 1 nitrogen and oxygen atoms in total. The van der Waals surface area contributed by atoms with Crippen molar-refractivity contribution in [2.45, 2.75) is 6.92 Å². The molecular formula is C53H37N. The highest BCUT2D eigenvalue weighted by molar-refractivity contribution is 6.33. The minimum Gasteiger partial charge on any atom is -0.310 e. The van der Waals surface area contributed by atoms with Crippen LogP contribution >= 0.6 is 0 Å². The molecule has 1 heteroatoms. The van der Waals surface area contributed by atoms with Crippen LogP contribution in [-0.2, 0) is 0 Å². The van der Waals surface area contributed by atoms with Crippen LogP contribution in [0.3, 0.4) is 0 Å². The second kappa shape index (κ2) is 13.2. The molecule has 54 heavy (non-hydrogen) atoms. The van der Waals surface area contributed by atoms with Crippen LogP contribution in [-0.4, -0.2) is 0 Å². The molecule has 0 aliphatic heterocycles. The predicted molar refractivity (Wildman–Crippen MR) is 232 cm³/mol. The van der Waals surface area contributed by atoms with E-state index >= 15 is 0 Å². The third-order valence-corrected chi connectivity index (χ3v) is 10.9. The third kappa shape index (κ3) is 5.33. The molecule has 0 fully saturated rings. The Labute approximate surface area is 316 Å². The average Bonchev–Trinajstić information content (AvgIpc) is 3.24. The van der Waals surface area contributed by atoms with E-state index < -0.39 is 0 Å². The lowest BCUT2D eigenvalue weighted by Crippen LogP contribution is -2.11. The van der Waals surface area contributed by atoms with Crippen molar-refractivity contribution in [2.24, 2.45) is 0 Å². The first-order valence-electron chi connectivity index (χ1n) is 18.7. The number of benzene rings is 10. The molecule has 0 saturated heterocycles. The van der Waals surface area contributed by atoms with E-state index in [2.05, 4.69) is 218 Å². The van der Waals surface area contributed by atoms with Gasteiger partial charge in [0.2, 0.25) is 0 Å². The van der Waals surface area contributed by atoms with Crippen LogP contribution in [0.5, 0.6) is 0 Å². The fourth-order valence-corrected chi connectivity index (χ4v) is 8.43. The van der Waals surface area contributed by atoms with Crippen molar-refractivity contribution in [3.8, 4) is 33.4 Å². The Morgan fingerprint density at radius 1 is 0.333 bits per heavy atom. The van der Waals surface area contributed by atoms with Crippen LogP contribution in [0.2, 0.25) is 0 Å². The summed E-state index contributed by atoms with van der Waals surface area (Å²) >= 11 is 0. The lowest BCUT2D eigenvalue weighted by molar-refractivity contribution is 1.26. The lowest BCUT2D eigenvalue weighted by Gasteiger charge is -2.28. The Bertz CT molecular complexity index is 2980. The Hall–Kier alpha value is -6.96. The van der Waals surface area contributed by atoms with Crippen molar-refractivity contribution in [1.29, 1.82) is 0 Å². The number of nitrogens with zero attached hydrogens (tertiary/aromatic N) is 1. The van der Waals surface area contributed by atoms with E-state index in [1.807, 2.05) is 0 Å². The van der Waals surface area contributed by atoms with Gasteiger partial charge in [-0.3, -0.25) is 0 Å². The molecule has 0 aromatic heterocycles. The zero-order chi connectivity index (χ0) is 36.0. The van der Waals surface area contributed by atoms with Crippen LogP contribution in [0, 0.1) is 6.92 Å². The molecule has 0 aliphatic rings. The highest BCUT2D eigenvalue weighted by atomic mass is 15.1. The van der Waals surface area contributed by atoms with Crippen LogP contribution in [0.15, 0.2) is 206 Å². The van der Waals surface area contributed by atoms with Crippen molar-refractivity contribution >= 4 is 60.2 Å². The Morgan fingerprint density at radius 2 is 0.870 bits per heavy atom. The molecule has 0 atom stereocenters. The molecule has 254 valence electrons. The molecule has 0 radical (unpaired) electrons. The maximum atomic E-state index is 2.43. The summed E-state index contributed by atoms with van der Waals surface area (Å²) in [6.45, 7) is 2.20. The predicted octanol–water partition coefficient (Wildman–Crippen LogP) is 15.1. The first-order chi connectivity index (χ1) is 26.7. The maximum absolute atomic E-state index is 2.43. The second-order valence-electron chi connectivity index (χ2n) is 14.1. The summed E-state index contributed by atoms with van der Waals surface area (Å²) in [6.07, 6.45) is 0. The molecule has 0 aliphatic carbocycles. The SMILES string of the molecule is Cc1ccccc1N(c1ccc2ccccc2c1)c1ccc2c(c1)c1ccccc1c1c(-c3ccccc3)cc(-c3ccccc3)c(-c3ccccc3)c21. The Morgan fingerprint density at radius 3 is 1.59 bits per heavy atom. The zero-order valence-electron chi connectivity index (χ0n) is 30.1. The van der Waals surface area contributed by atoms with Crippen LogP contribution < -0.4 is 4.90 Å². The molecular weight excluding hydrogens is 651 g/mol. The summed E-state index contributed by atoms with van der Waals surface area (Å²) in [5.74, 6) is 0. The molecule has 0 amide bonds. The first-order valence-corrected chi connectivity index (χ1v) is 18.7. The number of hydrogen-bond donors (Lipinski definition) is 0. The highest BCUT2D eigenvalue weighted by Gasteiger charge is 2.23.